The van der Waals surface area contributed by atoms with Crippen molar-refractivity contribution in [2.75, 3.05) is 6.54 Å². The fourth-order valence-electron chi connectivity index (χ4n) is 4.10. The van der Waals surface area contributed by atoms with Gasteiger partial charge in [-0.2, -0.15) is 13.2 Å². The fourth-order valence-corrected chi connectivity index (χ4v) is 4.10. The van der Waals surface area contributed by atoms with Crippen molar-refractivity contribution in [1.29, 1.82) is 0 Å². The number of fused-ring (bicyclic) bond motifs is 3. The van der Waals surface area contributed by atoms with Crippen molar-refractivity contribution in [3.05, 3.63) is 64.9 Å². The van der Waals surface area contributed by atoms with Crippen LogP contribution in [0.25, 0.3) is 10.9 Å². The highest BCUT2D eigenvalue weighted by Gasteiger charge is 2.43. The van der Waals surface area contributed by atoms with Crippen LogP contribution in [-0.4, -0.2) is 33.8 Å². The van der Waals surface area contributed by atoms with E-state index in [-0.39, 0.29) is 0 Å². The van der Waals surface area contributed by atoms with E-state index in [1.54, 1.807) is 25.1 Å². The van der Waals surface area contributed by atoms with Crippen LogP contribution in [-0.2, 0) is 6.42 Å². The molecule has 2 aromatic carbocycles. The minimum absolute atomic E-state index is 0.313. The summed E-state index contributed by atoms with van der Waals surface area (Å²) in [4.78, 5) is 4.12. The van der Waals surface area contributed by atoms with Crippen LogP contribution in [0, 0.1) is 11.6 Å². The number of para-hydroxylation sites is 1. The molecule has 1 aromatic heterocycles. The van der Waals surface area contributed by atoms with Crippen molar-refractivity contribution in [3.8, 4) is 5.75 Å². The summed E-state index contributed by atoms with van der Waals surface area (Å²) in [5.74, 6) is -2.80. The largest absolute Gasteiger partial charge is 0.508 e. The van der Waals surface area contributed by atoms with Gasteiger partial charge < -0.3 is 10.1 Å². The zero-order valence-corrected chi connectivity index (χ0v) is 14.8. The Kier molecular flexibility index (Phi) is 4.33. The van der Waals surface area contributed by atoms with Crippen molar-refractivity contribution in [2.24, 2.45) is 0 Å². The summed E-state index contributed by atoms with van der Waals surface area (Å²) in [6, 6.07) is 6.71. The Bertz CT molecular complexity index is 1020. The lowest BCUT2D eigenvalue weighted by atomic mass is 9.88. The molecule has 148 valence electrons. The van der Waals surface area contributed by atoms with E-state index in [1.807, 2.05) is 6.07 Å². The van der Waals surface area contributed by atoms with Gasteiger partial charge in [0, 0.05) is 40.3 Å². The molecule has 0 amide bonds. The summed E-state index contributed by atoms with van der Waals surface area (Å²) in [6.07, 6.45) is -4.23. The molecule has 2 heterocycles. The third-order valence-electron chi connectivity index (χ3n) is 5.22. The minimum atomic E-state index is -4.54. The Morgan fingerprint density at radius 2 is 1.79 bits per heavy atom. The molecule has 3 nitrogen and oxygen atoms in total. The normalized spacial score (nSPS) is 20.5. The highest BCUT2D eigenvalue weighted by Crippen LogP contribution is 2.43. The number of phenolic OH excluding ortho intramolecular Hbond substituents is 1. The lowest BCUT2D eigenvalue weighted by Gasteiger charge is -2.41. The molecule has 2 N–H and O–H groups in total. The van der Waals surface area contributed by atoms with E-state index in [4.69, 9.17) is 0 Å². The molecule has 0 aliphatic carbocycles. The lowest BCUT2D eigenvalue weighted by Crippen LogP contribution is -2.47. The van der Waals surface area contributed by atoms with E-state index in [2.05, 4.69) is 4.98 Å². The summed E-state index contributed by atoms with van der Waals surface area (Å²) in [5.41, 5.74) is 1.27. The molecule has 1 aliphatic heterocycles. The second kappa shape index (κ2) is 6.48. The first kappa shape index (κ1) is 18.7. The standard InChI is InChI=1S/C20H17F5N2O/c1-10-6-13-12-4-2-3-5-16(12)26-18(13)19(27(10)9-20(23,24)25)17-14(21)7-11(28)8-15(17)22/h2-5,7-8,10,19,26,28H,6,9H2,1H3/t10-,19-/m1/s1. The van der Waals surface area contributed by atoms with Crippen molar-refractivity contribution in [3.63, 3.8) is 0 Å². The first-order chi connectivity index (χ1) is 13.2. The highest BCUT2D eigenvalue weighted by molar-refractivity contribution is 5.85. The van der Waals surface area contributed by atoms with Crippen LogP contribution < -0.4 is 0 Å². The van der Waals surface area contributed by atoms with E-state index in [1.165, 1.54) is 0 Å². The number of hydrogen-bond donors (Lipinski definition) is 2. The summed E-state index contributed by atoms with van der Waals surface area (Å²) in [5, 5.41) is 10.3. The number of phenols is 1. The first-order valence-electron chi connectivity index (χ1n) is 8.75. The van der Waals surface area contributed by atoms with Crippen LogP contribution in [0.5, 0.6) is 5.75 Å². The number of aromatic amines is 1. The average molecular weight is 396 g/mol. The maximum atomic E-state index is 14.7. The number of nitrogens with zero attached hydrogens (tertiary/aromatic N) is 1. The maximum absolute atomic E-state index is 14.7. The number of aromatic hydroxyl groups is 1. The molecule has 4 rings (SSSR count). The van der Waals surface area contributed by atoms with Crippen molar-refractivity contribution < 1.29 is 27.1 Å². The second-order valence-corrected chi connectivity index (χ2v) is 7.13. The van der Waals surface area contributed by atoms with Gasteiger partial charge in [0.05, 0.1) is 12.6 Å². The van der Waals surface area contributed by atoms with Gasteiger partial charge in [0.2, 0.25) is 0 Å². The molecule has 0 unspecified atom stereocenters. The molecule has 0 fully saturated rings. The summed E-state index contributed by atoms with van der Waals surface area (Å²) in [6.45, 7) is 0.299. The third-order valence-corrected chi connectivity index (χ3v) is 5.22. The van der Waals surface area contributed by atoms with Gasteiger partial charge in [0.25, 0.3) is 0 Å². The third kappa shape index (κ3) is 3.11. The van der Waals surface area contributed by atoms with Crippen LogP contribution in [0.15, 0.2) is 36.4 Å². The predicted molar refractivity (Wildman–Crippen MR) is 94.1 cm³/mol. The molecule has 0 bridgehead atoms. The van der Waals surface area contributed by atoms with Gasteiger partial charge in [-0.3, -0.25) is 4.90 Å². The monoisotopic (exact) mass is 396 g/mol. The summed E-state index contributed by atoms with van der Waals surface area (Å²) >= 11 is 0. The zero-order chi connectivity index (χ0) is 20.2. The molecule has 0 saturated carbocycles. The molecular weight excluding hydrogens is 379 g/mol. The average Bonchev–Trinajstić information content (AvgIpc) is 2.94. The van der Waals surface area contributed by atoms with E-state index in [9.17, 15) is 27.1 Å². The molecule has 2 atom stereocenters. The predicted octanol–water partition coefficient (Wildman–Crippen LogP) is 5.05. The summed E-state index contributed by atoms with van der Waals surface area (Å²) in [7, 11) is 0. The van der Waals surface area contributed by atoms with E-state index >= 15 is 0 Å². The number of hydrogen-bond acceptors (Lipinski definition) is 2. The molecule has 0 radical (unpaired) electrons. The SMILES string of the molecule is C[C@@H]1Cc2c([nH]c3ccccc23)[C@@H](c2c(F)cc(O)cc2F)N1CC(F)(F)F. The van der Waals surface area contributed by atoms with Gasteiger partial charge in [0.15, 0.2) is 0 Å². The number of rotatable bonds is 2. The molecule has 28 heavy (non-hydrogen) atoms. The number of benzene rings is 2. The Morgan fingerprint density at radius 1 is 1.14 bits per heavy atom. The topological polar surface area (TPSA) is 39.3 Å². The molecule has 0 saturated heterocycles. The molecule has 0 spiro atoms. The lowest BCUT2D eigenvalue weighted by molar-refractivity contribution is -0.155. The van der Waals surface area contributed by atoms with Gasteiger partial charge >= 0.3 is 6.18 Å². The minimum Gasteiger partial charge on any atom is -0.508 e. The summed E-state index contributed by atoms with van der Waals surface area (Å²) < 4.78 is 69.1. The molecular formula is C20H17F5N2O. The van der Waals surface area contributed by atoms with Crippen LogP contribution in [0.3, 0.4) is 0 Å². The fraction of sp³-hybridized carbons (Fsp3) is 0.300. The van der Waals surface area contributed by atoms with Crippen LogP contribution in [0.1, 0.15) is 29.8 Å². The molecule has 1 aliphatic rings. The van der Waals surface area contributed by atoms with Gasteiger partial charge in [0.1, 0.15) is 17.4 Å². The number of halogens is 5. The Morgan fingerprint density at radius 3 is 2.43 bits per heavy atom. The second-order valence-electron chi connectivity index (χ2n) is 7.13. The number of aromatic nitrogens is 1. The Balaban J connectivity index is 1.98. The zero-order valence-electron chi connectivity index (χ0n) is 14.8. The van der Waals surface area contributed by atoms with Gasteiger partial charge in [-0.1, -0.05) is 18.2 Å². The van der Waals surface area contributed by atoms with Crippen molar-refractivity contribution >= 4 is 10.9 Å². The van der Waals surface area contributed by atoms with Crippen LogP contribution in [0.4, 0.5) is 22.0 Å². The maximum Gasteiger partial charge on any atom is 0.401 e. The van der Waals surface area contributed by atoms with Crippen molar-refractivity contribution in [1.82, 2.24) is 9.88 Å². The smallest absolute Gasteiger partial charge is 0.401 e. The number of H-pyrrole nitrogens is 1. The molecule has 8 heteroatoms. The number of alkyl halides is 3. The number of nitrogens with one attached hydrogen (secondary N) is 1. The van der Waals surface area contributed by atoms with Crippen molar-refractivity contribution in [2.45, 2.75) is 31.6 Å². The van der Waals surface area contributed by atoms with Gasteiger partial charge in [-0.15, -0.1) is 0 Å². The quantitative estimate of drug-likeness (QED) is 0.595. The first-order valence-corrected chi connectivity index (χ1v) is 8.75. The highest BCUT2D eigenvalue weighted by atomic mass is 19.4. The Hall–Kier alpha value is -2.61. The Labute approximate surface area is 157 Å². The van der Waals surface area contributed by atoms with Gasteiger partial charge in [-0.25, -0.2) is 8.78 Å². The van der Waals surface area contributed by atoms with Crippen LogP contribution >= 0.6 is 0 Å². The van der Waals surface area contributed by atoms with E-state index in [0.717, 1.165) is 15.8 Å². The van der Waals surface area contributed by atoms with E-state index < -0.39 is 47.8 Å². The van der Waals surface area contributed by atoms with Crippen LogP contribution in [0.2, 0.25) is 0 Å². The van der Waals surface area contributed by atoms with E-state index in [0.29, 0.717) is 29.8 Å². The van der Waals surface area contributed by atoms with Gasteiger partial charge in [-0.05, 0) is 25.0 Å². The molecule has 3 aromatic rings.